The summed E-state index contributed by atoms with van der Waals surface area (Å²) in [5.74, 6) is 0. The Balaban J connectivity index is 1.81. The van der Waals surface area contributed by atoms with E-state index in [1.54, 1.807) is 0 Å². The Bertz CT molecular complexity index is 2120. The average molecular weight is 546 g/mol. The van der Waals surface area contributed by atoms with E-state index in [2.05, 4.69) is 105 Å². The van der Waals surface area contributed by atoms with E-state index in [-0.39, 0.29) is 0 Å². The lowest BCUT2D eigenvalue weighted by Crippen LogP contribution is -2.04. The van der Waals surface area contributed by atoms with Crippen molar-refractivity contribution in [3.63, 3.8) is 0 Å². The van der Waals surface area contributed by atoms with Gasteiger partial charge in [0, 0.05) is 52.9 Å². The van der Waals surface area contributed by atoms with E-state index in [0.717, 1.165) is 11.0 Å². The highest BCUT2D eigenvalue weighted by molar-refractivity contribution is 6.10. The van der Waals surface area contributed by atoms with Crippen molar-refractivity contribution in [2.75, 3.05) is 0 Å². The molecule has 0 unspecified atom stereocenters. The number of hydrogen-bond donors (Lipinski definition) is 1. The number of nitrogens with one attached hydrogen (secondary N) is 1. The summed E-state index contributed by atoms with van der Waals surface area (Å²) in [5.41, 5.74) is 25.5. The van der Waals surface area contributed by atoms with Gasteiger partial charge in [-0.3, -0.25) is 0 Å². The van der Waals surface area contributed by atoms with Crippen molar-refractivity contribution < 1.29 is 0 Å². The number of aryl methyl sites for hydroxylation is 9. The van der Waals surface area contributed by atoms with E-state index >= 15 is 0 Å². The van der Waals surface area contributed by atoms with Crippen molar-refractivity contribution in [1.29, 1.82) is 0 Å². The lowest BCUT2D eigenvalue weighted by Gasteiger charge is -2.23. The number of nitrogens with zero attached hydrogens (tertiary/aromatic N) is 4. The normalized spacial score (nSPS) is 12.1. The van der Waals surface area contributed by atoms with Crippen molar-refractivity contribution in [1.82, 2.24) is 24.5 Å². The first-order chi connectivity index (χ1) is 19.2. The summed E-state index contributed by atoms with van der Waals surface area (Å²) in [6, 6.07) is 0. The maximum Gasteiger partial charge on any atom is 0.121 e. The van der Waals surface area contributed by atoms with Gasteiger partial charge in [-0.1, -0.05) is 5.21 Å². The predicted molar refractivity (Wildman–Crippen MR) is 175 cm³/mol. The molecule has 0 bridgehead atoms. The van der Waals surface area contributed by atoms with Crippen molar-refractivity contribution >= 4 is 32.8 Å². The zero-order valence-corrected chi connectivity index (χ0v) is 27.3. The second kappa shape index (κ2) is 8.82. The van der Waals surface area contributed by atoms with Crippen molar-refractivity contribution in [3.05, 3.63) is 67.0 Å². The fourth-order valence-electron chi connectivity index (χ4n) is 7.76. The maximum absolute atomic E-state index is 4.88. The van der Waals surface area contributed by atoms with Crippen molar-refractivity contribution in [3.8, 4) is 22.3 Å². The van der Waals surface area contributed by atoms with E-state index in [4.69, 9.17) is 5.10 Å². The number of rotatable bonds is 2. The van der Waals surface area contributed by atoms with Gasteiger partial charge in [-0.05, 0) is 150 Å². The molecule has 6 rings (SSSR count). The van der Waals surface area contributed by atoms with Crippen LogP contribution in [0, 0.1) is 83.1 Å². The smallest absolute Gasteiger partial charge is 0.121 e. The summed E-state index contributed by atoms with van der Waals surface area (Å²) < 4.78 is 4.35. The Morgan fingerprint density at radius 2 is 1.02 bits per heavy atom. The second-order valence-electron chi connectivity index (χ2n) is 12.5. The molecular formula is C36H43N5. The van der Waals surface area contributed by atoms with E-state index in [1.807, 2.05) is 11.7 Å². The van der Waals surface area contributed by atoms with Gasteiger partial charge in [0.25, 0.3) is 0 Å². The lowest BCUT2D eigenvalue weighted by atomic mass is 9.81. The van der Waals surface area contributed by atoms with Crippen LogP contribution in [0.2, 0.25) is 0 Å². The van der Waals surface area contributed by atoms with E-state index in [9.17, 15) is 0 Å². The van der Waals surface area contributed by atoms with Crippen LogP contribution in [0.25, 0.3) is 55.1 Å². The largest absolute Gasteiger partial charge is 0.358 e. The van der Waals surface area contributed by atoms with Crippen LogP contribution in [0.3, 0.4) is 0 Å². The number of aromatic amines is 1. The third-order valence-corrected chi connectivity index (χ3v) is 10.7. The zero-order chi connectivity index (χ0) is 30.0. The summed E-state index contributed by atoms with van der Waals surface area (Å²) in [7, 11) is 4.24. The molecule has 5 heteroatoms. The SMILES string of the molecule is Cc1[nH]c2c(C)c(C)c(-c3c(C)c(C)c(-c4c(C)c(C)c5c(c4C)c(C)c(C)n5C)c4c3nnn4C)c(C)c2c1C. The molecule has 1 N–H and O–H groups in total. The van der Waals surface area contributed by atoms with Gasteiger partial charge in [-0.25, -0.2) is 4.68 Å². The van der Waals surface area contributed by atoms with Crippen LogP contribution >= 0.6 is 0 Å². The monoisotopic (exact) mass is 545 g/mol. The average Bonchev–Trinajstić information content (AvgIpc) is 3.53. The minimum absolute atomic E-state index is 0.984. The Morgan fingerprint density at radius 1 is 0.488 bits per heavy atom. The van der Waals surface area contributed by atoms with Crippen LogP contribution in [-0.2, 0) is 14.1 Å². The van der Waals surface area contributed by atoms with E-state index in [1.165, 1.54) is 111 Å². The molecule has 6 aromatic rings. The zero-order valence-electron chi connectivity index (χ0n) is 27.3. The highest BCUT2D eigenvalue weighted by Crippen LogP contribution is 2.48. The van der Waals surface area contributed by atoms with Crippen LogP contribution in [0.15, 0.2) is 0 Å². The Kier molecular flexibility index (Phi) is 5.88. The molecule has 3 heterocycles. The molecule has 41 heavy (non-hydrogen) atoms. The highest BCUT2D eigenvalue weighted by Gasteiger charge is 2.28. The van der Waals surface area contributed by atoms with Crippen LogP contribution in [0.1, 0.15) is 67.0 Å². The number of fused-ring (bicyclic) bond motifs is 3. The van der Waals surface area contributed by atoms with Crippen LogP contribution in [0.5, 0.6) is 0 Å². The fraction of sp³-hybridized carbons (Fsp3) is 0.389. The molecule has 0 aliphatic heterocycles. The van der Waals surface area contributed by atoms with Crippen molar-refractivity contribution in [2.45, 2.75) is 83.1 Å². The molecule has 0 spiro atoms. The molecular weight excluding hydrogens is 502 g/mol. The van der Waals surface area contributed by atoms with Gasteiger partial charge in [-0.15, -0.1) is 5.10 Å². The summed E-state index contributed by atoms with van der Waals surface area (Å²) >= 11 is 0. The van der Waals surface area contributed by atoms with Gasteiger partial charge < -0.3 is 9.55 Å². The maximum atomic E-state index is 4.88. The van der Waals surface area contributed by atoms with Crippen LogP contribution < -0.4 is 0 Å². The van der Waals surface area contributed by atoms with Gasteiger partial charge >= 0.3 is 0 Å². The van der Waals surface area contributed by atoms with Gasteiger partial charge in [0.05, 0.1) is 11.0 Å². The van der Waals surface area contributed by atoms with Crippen molar-refractivity contribution in [2.24, 2.45) is 14.1 Å². The summed E-state index contributed by atoms with van der Waals surface area (Å²) in [6.45, 7) is 27.1. The summed E-state index contributed by atoms with van der Waals surface area (Å²) in [5, 5.41) is 12.2. The Morgan fingerprint density at radius 3 is 1.68 bits per heavy atom. The molecule has 0 atom stereocenters. The number of aromatic nitrogens is 5. The predicted octanol–water partition coefficient (Wildman–Crippen LogP) is 8.98. The first-order valence-corrected chi connectivity index (χ1v) is 14.7. The molecule has 212 valence electrons. The highest BCUT2D eigenvalue weighted by atomic mass is 15.4. The molecule has 0 fully saturated rings. The summed E-state index contributed by atoms with van der Waals surface area (Å²) in [6.07, 6.45) is 0. The quantitative estimate of drug-likeness (QED) is 0.236. The number of hydrogen-bond acceptors (Lipinski definition) is 2. The minimum atomic E-state index is 0.984. The molecule has 0 radical (unpaired) electrons. The number of H-pyrrole nitrogens is 1. The molecule has 0 saturated heterocycles. The first kappa shape index (κ1) is 27.3. The molecule has 0 aliphatic carbocycles. The fourth-order valence-corrected chi connectivity index (χ4v) is 7.76. The van der Waals surface area contributed by atoms with Crippen LogP contribution in [0.4, 0.5) is 0 Å². The standard InChI is InChI=1S/C36H43N5/c1-15-16(2)32(28-18(4)20(6)35-30(24(28)10)22(8)26(12)40(35)13)36-34(38-39-41(36)14)31(15)27-17(3)19(5)33-29(23(27)9)21(7)25(11)37-33/h37H,1-14H3. The van der Waals surface area contributed by atoms with Gasteiger partial charge in [0.1, 0.15) is 5.52 Å². The van der Waals surface area contributed by atoms with E-state index < -0.39 is 0 Å². The summed E-state index contributed by atoms with van der Waals surface area (Å²) in [4.78, 5) is 3.66. The molecule has 3 aromatic carbocycles. The third-order valence-electron chi connectivity index (χ3n) is 10.7. The topological polar surface area (TPSA) is 51.4 Å². The minimum Gasteiger partial charge on any atom is -0.358 e. The molecule has 0 amide bonds. The number of benzene rings is 3. The van der Waals surface area contributed by atoms with E-state index in [0.29, 0.717) is 0 Å². The second-order valence-corrected chi connectivity index (χ2v) is 12.5. The first-order valence-electron chi connectivity index (χ1n) is 14.7. The molecule has 3 aromatic heterocycles. The molecule has 0 saturated carbocycles. The lowest BCUT2D eigenvalue weighted by molar-refractivity contribution is 0.736. The molecule has 5 nitrogen and oxygen atoms in total. The van der Waals surface area contributed by atoms with Gasteiger partial charge in [0.2, 0.25) is 0 Å². The third kappa shape index (κ3) is 3.29. The Labute approximate surface area is 243 Å². The van der Waals surface area contributed by atoms with Crippen LogP contribution in [-0.4, -0.2) is 24.5 Å². The molecule has 0 aliphatic rings. The Hall–Kier alpha value is -3.86. The van der Waals surface area contributed by atoms with Gasteiger partial charge in [-0.2, -0.15) is 0 Å². The van der Waals surface area contributed by atoms with Gasteiger partial charge in [0.15, 0.2) is 0 Å².